The Morgan fingerprint density at radius 1 is 1.32 bits per heavy atom. The second-order valence-electron chi connectivity index (χ2n) is 6.12. The van der Waals surface area contributed by atoms with Crippen LogP contribution in [0.5, 0.6) is 5.75 Å². The molecule has 122 valence electrons. The fourth-order valence-electron chi connectivity index (χ4n) is 2.79. The first-order valence-corrected chi connectivity index (χ1v) is 8.38. The van der Waals surface area contributed by atoms with Gasteiger partial charge in [-0.25, -0.2) is 0 Å². The minimum atomic E-state index is -0.461. The lowest BCUT2D eigenvalue weighted by atomic mass is 10.1. The zero-order valence-corrected chi connectivity index (χ0v) is 13.8. The number of nitrogens with zero attached hydrogens (tertiary/aromatic N) is 1. The van der Waals surface area contributed by atoms with Gasteiger partial charge >= 0.3 is 0 Å². The van der Waals surface area contributed by atoms with Gasteiger partial charge in [-0.1, -0.05) is 18.6 Å². The first-order chi connectivity index (χ1) is 10.6. The van der Waals surface area contributed by atoms with Gasteiger partial charge < -0.3 is 15.0 Å². The van der Waals surface area contributed by atoms with Crippen LogP contribution in [0, 0.1) is 6.92 Å². The molecule has 4 nitrogen and oxygen atoms in total. The number of aryl methyl sites for hydroxylation is 1. The molecule has 0 saturated carbocycles. The van der Waals surface area contributed by atoms with Crippen molar-refractivity contribution in [2.75, 3.05) is 26.2 Å². The van der Waals surface area contributed by atoms with Gasteiger partial charge in [0.15, 0.2) is 6.10 Å². The van der Waals surface area contributed by atoms with Gasteiger partial charge in [0, 0.05) is 6.54 Å². The lowest BCUT2D eigenvalue weighted by Crippen LogP contribution is -2.38. The molecule has 1 aliphatic rings. The number of piperidine rings is 1. The fourth-order valence-corrected chi connectivity index (χ4v) is 2.79. The maximum atomic E-state index is 12.0. The Labute approximate surface area is 133 Å². The molecule has 1 aliphatic heterocycles. The quantitative estimate of drug-likeness (QED) is 0.788. The fraction of sp³-hybridized carbons (Fsp3) is 0.611. The number of carbonyl (C=O) groups excluding carboxylic acids is 1. The molecule has 1 fully saturated rings. The monoisotopic (exact) mass is 304 g/mol. The van der Waals surface area contributed by atoms with Crippen molar-refractivity contribution in [2.45, 2.75) is 45.6 Å². The molecule has 4 heteroatoms. The highest BCUT2D eigenvalue weighted by molar-refractivity contribution is 5.80. The van der Waals surface area contributed by atoms with Gasteiger partial charge in [0.2, 0.25) is 0 Å². The van der Waals surface area contributed by atoms with Gasteiger partial charge in [0.1, 0.15) is 5.75 Å². The van der Waals surface area contributed by atoms with Gasteiger partial charge in [-0.2, -0.15) is 0 Å². The summed E-state index contributed by atoms with van der Waals surface area (Å²) < 4.78 is 5.68. The molecule has 2 rings (SSSR count). The van der Waals surface area contributed by atoms with E-state index in [-0.39, 0.29) is 5.91 Å². The number of carbonyl (C=O) groups is 1. The molecular weight excluding hydrogens is 276 g/mol. The summed E-state index contributed by atoms with van der Waals surface area (Å²) in [5.41, 5.74) is 1.13. The standard InChI is InChI=1S/C18H28N2O2/c1-15-8-6-9-17(14-15)22-16(2)18(21)19-10-7-13-20-11-4-3-5-12-20/h6,8-9,14,16H,3-5,7,10-13H2,1-2H3,(H,19,21)/t16-/m0/s1. The number of nitrogens with one attached hydrogen (secondary N) is 1. The number of likely N-dealkylation sites (tertiary alicyclic amines) is 1. The lowest BCUT2D eigenvalue weighted by Gasteiger charge is -2.26. The van der Waals surface area contributed by atoms with Crippen molar-refractivity contribution in [1.82, 2.24) is 10.2 Å². The SMILES string of the molecule is Cc1cccc(O[C@@H](C)C(=O)NCCCN2CCCCC2)c1. The van der Waals surface area contributed by atoms with Crippen LogP contribution in [0.15, 0.2) is 24.3 Å². The van der Waals surface area contributed by atoms with Crippen molar-refractivity contribution in [1.29, 1.82) is 0 Å². The third-order valence-electron chi connectivity index (χ3n) is 4.07. The zero-order chi connectivity index (χ0) is 15.8. The van der Waals surface area contributed by atoms with Crippen molar-refractivity contribution >= 4 is 5.91 Å². The van der Waals surface area contributed by atoms with Crippen LogP contribution < -0.4 is 10.1 Å². The van der Waals surface area contributed by atoms with Crippen LogP contribution in [0.4, 0.5) is 0 Å². The van der Waals surface area contributed by atoms with Crippen LogP contribution in [0.1, 0.15) is 38.2 Å². The van der Waals surface area contributed by atoms with Crippen molar-refractivity contribution in [2.24, 2.45) is 0 Å². The van der Waals surface area contributed by atoms with E-state index in [4.69, 9.17) is 4.74 Å². The summed E-state index contributed by atoms with van der Waals surface area (Å²) in [4.78, 5) is 14.5. The molecule has 0 aromatic heterocycles. The van der Waals surface area contributed by atoms with Crippen LogP contribution in [0.25, 0.3) is 0 Å². The van der Waals surface area contributed by atoms with Gasteiger partial charge in [-0.15, -0.1) is 0 Å². The first-order valence-electron chi connectivity index (χ1n) is 8.38. The average molecular weight is 304 g/mol. The topological polar surface area (TPSA) is 41.6 Å². The van der Waals surface area contributed by atoms with E-state index in [0.717, 1.165) is 30.8 Å². The summed E-state index contributed by atoms with van der Waals surface area (Å²) in [5, 5.41) is 2.97. The molecule has 1 aromatic rings. The van der Waals surface area contributed by atoms with E-state index in [1.807, 2.05) is 31.2 Å². The number of rotatable bonds is 7. The Hall–Kier alpha value is -1.55. The average Bonchev–Trinajstić information content (AvgIpc) is 2.52. The molecule has 0 bridgehead atoms. The normalized spacial score (nSPS) is 17.0. The second kappa shape index (κ2) is 8.79. The molecule has 0 radical (unpaired) electrons. The summed E-state index contributed by atoms with van der Waals surface area (Å²) in [5.74, 6) is 0.705. The summed E-state index contributed by atoms with van der Waals surface area (Å²) in [6.07, 6.45) is 4.53. The van der Waals surface area contributed by atoms with E-state index < -0.39 is 6.10 Å². The minimum Gasteiger partial charge on any atom is -0.481 e. The predicted octanol–water partition coefficient (Wildman–Crippen LogP) is 2.75. The highest BCUT2D eigenvalue weighted by Gasteiger charge is 2.14. The van der Waals surface area contributed by atoms with E-state index in [9.17, 15) is 4.79 Å². The van der Waals surface area contributed by atoms with Crippen LogP contribution >= 0.6 is 0 Å². The maximum absolute atomic E-state index is 12.0. The molecule has 22 heavy (non-hydrogen) atoms. The molecule has 0 unspecified atom stereocenters. The molecule has 1 atom stereocenters. The Kier molecular flexibility index (Phi) is 6.72. The van der Waals surface area contributed by atoms with Crippen molar-refractivity contribution in [3.63, 3.8) is 0 Å². The largest absolute Gasteiger partial charge is 0.481 e. The van der Waals surface area contributed by atoms with Crippen molar-refractivity contribution < 1.29 is 9.53 Å². The van der Waals surface area contributed by atoms with E-state index >= 15 is 0 Å². The summed E-state index contributed by atoms with van der Waals surface area (Å²) in [6, 6.07) is 7.78. The molecule has 1 amide bonds. The summed E-state index contributed by atoms with van der Waals surface area (Å²) >= 11 is 0. The van der Waals surface area contributed by atoms with Crippen LogP contribution in [-0.4, -0.2) is 43.1 Å². The molecular formula is C18H28N2O2. The molecule has 0 aliphatic carbocycles. The first kappa shape index (κ1) is 16.8. The van der Waals surface area contributed by atoms with Crippen LogP contribution in [0.3, 0.4) is 0 Å². The number of hydrogen-bond donors (Lipinski definition) is 1. The van der Waals surface area contributed by atoms with Crippen molar-refractivity contribution in [3.05, 3.63) is 29.8 Å². The number of benzene rings is 1. The third-order valence-corrected chi connectivity index (χ3v) is 4.07. The molecule has 1 saturated heterocycles. The van der Waals surface area contributed by atoms with Crippen LogP contribution in [-0.2, 0) is 4.79 Å². The van der Waals surface area contributed by atoms with E-state index in [2.05, 4.69) is 10.2 Å². The predicted molar refractivity (Wildman–Crippen MR) is 89.2 cm³/mol. The van der Waals surface area contributed by atoms with Gasteiger partial charge in [-0.3, -0.25) is 4.79 Å². The minimum absolute atomic E-state index is 0.0415. The molecule has 1 aromatic carbocycles. The zero-order valence-electron chi connectivity index (χ0n) is 13.8. The number of amides is 1. The van der Waals surface area contributed by atoms with Gasteiger partial charge in [0.25, 0.3) is 5.91 Å². The molecule has 1 N–H and O–H groups in total. The number of hydrogen-bond acceptors (Lipinski definition) is 3. The third kappa shape index (κ3) is 5.68. The Bertz CT molecular complexity index is 470. The Balaban J connectivity index is 1.63. The summed E-state index contributed by atoms with van der Waals surface area (Å²) in [6.45, 7) is 8.02. The smallest absolute Gasteiger partial charge is 0.260 e. The molecule has 0 spiro atoms. The maximum Gasteiger partial charge on any atom is 0.260 e. The van der Waals surface area contributed by atoms with Crippen molar-refractivity contribution in [3.8, 4) is 5.75 Å². The second-order valence-corrected chi connectivity index (χ2v) is 6.12. The van der Waals surface area contributed by atoms with Gasteiger partial charge in [0.05, 0.1) is 0 Å². The van der Waals surface area contributed by atoms with Gasteiger partial charge in [-0.05, 0) is 70.4 Å². The molecule has 1 heterocycles. The van der Waals surface area contributed by atoms with E-state index in [1.54, 1.807) is 6.92 Å². The highest BCUT2D eigenvalue weighted by atomic mass is 16.5. The Morgan fingerprint density at radius 3 is 2.82 bits per heavy atom. The van der Waals surface area contributed by atoms with E-state index in [1.165, 1.54) is 32.4 Å². The summed E-state index contributed by atoms with van der Waals surface area (Å²) in [7, 11) is 0. The Morgan fingerprint density at radius 2 is 2.09 bits per heavy atom. The number of ether oxygens (including phenoxy) is 1. The van der Waals surface area contributed by atoms with Crippen LogP contribution in [0.2, 0.25) is 0 Å². The van der Waals surface area contributed by atoms with E-state index in [0.29, 0.717) is 0 Å². The highest BCUT2D eigenvalue weighted by Crippen LogP contribution is 2.14. The lowest BCUT2D eigenvalue weighted by molar-refractivity contribution is -0.127.